The molecule has 154 valence electrons. The van der Waals surface area contributed by atoms with Gasteiger partial charge in [-0.2, -0.15) is 0 Å². The summed E-state index contributed by atoms with van der Waals surface area (Å²) in [5.41, 5.74) is 2.59. The van der Waals surface area contributed by atoms with Crippen LogP contribution in [-0.2, 0) is 6.61 Å². The molecule has 0 aliphatic carbocycles. The minimum atomic E-state index is -0.325. The van der Waals surface area contributed by atoms with E-state index in [1.807, 2.05) is 36.4 Å². The van der Waals surface area contributed by atoms with Crippen LogP contribution in [0.2, 0.25) is 0 Å². The fourth-order valence-corrected chi connectivity index (χ4v) is 5.71. The van der Waals surface area contributed by atoms with Gasteiger partial charge in [-0.1, -0.05) is 57.6 Å². The highest BCUT2D eigenvalue weighted by molar-refractivity contribution is 9.11. The van der Waals surface area contributed by atoms with Crippen LogP contribution in [0, 0.1) is 5.82 Å². The third-order valence-electron chi connectivity index (χ3n) is 4.80. The van der Waals surface area contributed by atoms with Crippen LogP contribution in [0.5, 0.6) is 5.75 Å². The fourth-order valence-electron chi connectivity index (χ4n) is 3.36. The Labute approximate surface area is 196 Å². The lowest BCUT2D eigenvalue weighted by atomic mass is 10.2. The molecule has 0 aliphatic rings. The molecule has 0 atom stereocenters. The molecule has 0 N–H and O–H groups in total. The molecule has 31 heavy (non-hydrogen) atoms. The molecular weight excluding hydrogens is 547 g/mol. The number of fused-ring (bicyclic) bond motifs is 3. The Hall–Kier alpha value is -2.55. The van der Waals surface area contributed by atoms with Gasteiger partial charge in [-0.05, 0) is 52.3 Å². The van der Waals surface area contributed by atoms with Crippen LogP contribution in [0.3, 0.4) is 0 Å². The van der Waals surface area contributed by atoms with E-state index >= 15 is 0 Å². The first-order chi connectivity index (χ1) is 15.0. The molecule has 2 aromatic heterocycles. The number of halogens is 3. The Balaban J connectivity index is 1.62. The van der Waals surface area contributed by atoms with Gasteiger partial charge in [0.25, 0.3) is 5.56 Å². The smallest absolute Gasteiger partial charge is 0.274 e. The van der Waals surface area contributed by atoms with E-state index in [1.165, 1.54) is 17.4 Å². The normalized spacial score (nSPS) is 12.2. The zero-order valence-corrected chi connectivity index (χ0v) is 19.8. The van der Waals surface area contributed by atoms with Crippen molar-refractivity contribution in [3.63, 3.8) is 0 Å². The Morgan fingerprint density at radius 3 is 2.71 bits per heavy atom. The number of para-hydroxylation sites is 2. The van der Waals surface area contributed by atoms with Crippen molar-refractivity contribution in [3.8, 4) is 5.75 Å². The first-order valence-electron chi connectivity index (χ1n) is 9.28. The summed E-state index contributed by atoms with van der Waals surface area (Å²) in [5.74, 6) is 0.205. The minimum absolute atomic E-state index is 0.0659. The average molecular weight is 560 g/mol. The van der Waals surface area contributed by atoms with Gasteiger partial charge in [-0.25, -0.2) is 13.8 Å². The van der Waals surface area contributed by atoms with E-state index in [9.17, 15) is 9.18 Å². The fraction of sp³-hybridized carbons (Fsp3) is 0.0435. The number of hydrogen-bond donors (Lipinski definition) is 0. The SMILES string of the molecule is O=c1/c(=C\c2cc(Br)cc(Br)c2OCc2ccccc2F)sc2nc3ccccc3n12. The molecule has 0 spiro atoms. The standard InChI is InChI=1S/C23H13Br2FN2O2S/c24-15-9-14(21(16(25)11-15)30-12-13-5-1-2-6-17(13)26)10-20-22(29)28-19-8-4-3-7-18(19)27-23(28)31-20/h1-11H,12H2/b20-10+. The monoisotopic (exact) mass is 558 g/mol. The number of benzene rings is 3. The number of thiazole rings is 1. The molecule has 0 aliphatic heterocycles. The lowest BCUT2D eigenvalue weighted by Gasteiger charge is -2.12. The van der Waals surface area contributed by atoms with Crippen molar-refractivity contribution in [2.75, 3.05) is 0 Å². The molecule has 0 unspecified atom stereocenters. The molecule has 0 radical (unpaired) electrons. The summed E-state index contributed by atoms with van der Waals surface area (Å²) >= 11 is 8.33. The molecule has 2 heterocycles. The van der Waals surface area contributed by atoms with Gasteiger partial charge < -0.3 is 4.74 Å². The molecule has 3 aromatic carbocycles. The van der Waals surface area contributed by atoms with Crippen LogP contribution >= 0.6 is 43.2 Å². The van der Waals surface area contributed by atoms with Crippen molar-refractivity contribution < 1.29 is 9.13 Å². The summed E-state index contributed by atoms with van der Waals surface area (Å²) in [6.07, 6.45) is 1.78. The van der Waals surface area contributed by atoms with E-state index in [0.717, 1.165) is 15.5 Å². The minimum Gasteiger partial charge on any atom is -0.487 e. The number of hydrogen-bond acceptors (Lipinski definition) is 4. The summed E-state index contributed by atoms with van der Waals surface area (Å²) in [6.45, 7) is 0.0659. The van der Waals surface area contributed by atoms with Crippen LogP contribution in [0.1, 0.15) is 11.1 Å². The maximum absolute atomic E-state index is 14.0. The molecule has 4 nitrogen and oxygen atoms in total. The Morgan fingerprint density at radius 2 is 1.87 bits per heavy atom. The van der Waals surface area contributed by atoms with E-state index in [2.05, 4.69) is 36.8 Å². The number of nitrogens with zero attached hydrogens (tertiary/aromatic N) is 2. The lowest BCUT2D eigenvalue weighted by Crippen LogP contribution is -2.22. The van der Waals surface area contributed by atoms with Crippen molar-refractivity contribution in [3.05, 3.63) is 101 Å². The number of ether oxygens (including phenoxy) is 1. The maximum Gasteiger partial charge on any atom is 0.274 e. The molecule has 0 bridgehead atoms. The second kappa shape index (κ2) is 8.18. The van der Waals surface area contributed by atoms with Gasteiger partial charge in [0, 0.05) is 15.6 Å². The quantitative estimate of drug-likeness (QED) is 0.284. The van der Waals surface area contributed by atoms with Crippen molar-refractivity contribution in [1.82, 2.24) is 9.38 Å². The predicted octanol–water partition coefficient (Wildman–Crippen LogP) is 5.70. The van der Waals surface area contributed by atoms with Crippen molar-refractivity contribution in [2.45, 2.75) is 6.61 Å². The first-order valence-corrected chi connectivity index (χ1v) is 11.7. The molecular formula is C23H13Br2FN2O2S. The molecule has 5 aromatic rings. The lowest BCUT2D eigenvalue weighted by molar-refractivity contribution is 0.297. The van der Waals surface area contributed by atoms with Gasteiger partial charge in [0.15, 0.2) is 4.96 Å². The summed E-state index contributed by atoms with van der Waals surface area (Å²) in [7, 11) is 0. The third-order valence-corrected chi connectivity index (χ3v) is 6.81. The van der Waals surface area contributed by atoms with E-state index in [0.29, 0.717) is 30.8 Å². The maximum atomic E-state index is 14.0. The molecule has 0 saturated heterocycles. The highest BCUT2D eigenvalue weighted by Crippen LogP contribution is 2.34. The van der Waals surface area contributed by atoms with Gasteiger partial charge in [0.1, 0.15) is 18.2 Å². The van der Waals surface area contributed by atoms with Gasteiger partial charge >= 0.3 is 0 Å². The van der Waals surface area contributed by atoms with E-state index in [-0.39, 0.29) is 18.0 Å². The van der Waals surface area contributed by atoms with Crippen LogP contribution in [-0.4, -0.2) is 9.38 Å². The van der Waals surface area contributed by atoms with Crippen molar-refractivity contribution >= 4 is 65.3 Å². The van der Waals surface area contributed by atoms with Gasteiger partial charge in [-0.3, -0.25) is 4.79 Å². The zero-order valence-electron chi connectivity index (χ0n) is 15.8. The topological polar surface area (TPSA) is 43.6 Å². The molecule has 0 fully saturated rings. The van der Waals surface area contributed by atoms with Crippen LogP contribution < -0.4 is 14.8 Å². The van der Waals surface area contributed by atoms with Crippen molar-refractivity contribution in [2.24, 2.45) is 0 Å². The zero-order chi connectivity index (χ0) is 21.5. The number of aromatic nitrogens is 2. The van der Waals surface area contributed by atoms with Gasteiger partial charge in [0.05, 0.1) is 20.0 Å². The van der Waals surface area contributed by atoms with Gasteiger partial charge in [-0.15, -0.1) is 0 Å². The van der Waals surface area contributed by atoms with Crippen LogP contribution in [0.15, 0.2) is 74.4 Å². The average Bonchev–Trinajstić information content (AvgIpc) is 3.25. The summed E-state index contributed by atoms with van der Waals surface area (Å²) in [6, 6.07) is 17.7. The third kappa shape index (κ3) is 3.79. The number of imidazole rings is 1. The largest absolute Gasteiger partial charge is 0.487 e. The molecule has 8 heteroatoms. The van der Waals surface area contributed by atoms with Crippen molar-refractivity contribution in [1.29, 1.82) is 0 Å². The van der Waals surface area contributed by atoms with E-state index in [1.54, 1.807) is 28.7 Å². The second-order valence-electron chi connectivity index (χ2n) is 6.82. The summed E-state index contributed by atoms with van der Waals surface area (Å²) < 4.78 is 23.7. The summed E-state index contributed by atoms with van der Waals surface area (Å²) in [5, 5.41) is 0. The second-order valence-corrected chi connectivity index (χ2v) is 9.60. The molecule has 0 saturated carbocycles. The Kier molecular flexibility index (Phi) is 5.37. The number of rotatable bonds is 4. The Bertz CT molecular complexity index is 1560. The predicted molar refractivity (Wildman–Crippen MR) is 128 cm³/mol. The Morgan fingerprint density at radius 1 is 1.10 bits per heavy atom. The first kappa shape index (κ1) is 20.4. The molecule has 0 amide bonds. The highest BCUT2D eigenvalue weighted by atomic mass is 79.9. The summed E-state index contributed by atoms with van der Waals surface area (Å²) in [4.78, 5) is 18.3. The molecule has 5 rings (SSSR count). The van der Waals surface area contributed by atoms with Crippen LogP contribution in [0.4, 0.5) is 4.39 Å². The van der Waals surface area contributed by atoms with E-state index in [4.69, 9.17) is 4.74 Å². The highest BCUT2D eigenvalue weighted by Gasteiger charge is 2.14. The van der Waals surface area contributed by atoms with Crippen LogP contribution in [0.25, 0.3) is 22.1 Å². The van der Waals surface area contributed by atoms with E-state index < -0.39 is 0 Å². The van der Waals surface area contributed by atoms with Gasteiger partial charge in [0.2, 0.25) is 0 Å².